The van der Waals surface area contributed by atoms with Crippen LogP contribution in [0.1, 0.15) is 55.2 Å². The van der Waals surface area contributed by atoms with Crippen molar-refractivity contribution in [3.63, 3.8) is 0 Å². The van der Waals surface area contributed by atoms with E-state index in [-0.39, 0.29) is 5.78 Å². The van der Waals surface area contributed by atoms with Crippen LogP contribution in [0.5, 0.6) is 5.75 Å². The van der Waals surface area contributed by atoms with Crippen LogP contribution in [0.15, 0.2) is 72.9 Å². The van der Waals surface area contributed by atoms with Gasteiger partial charge in [-0.25, -0.2) is 0 Å². The van der Waals surface area contributed by atoms with E-state index in [1.807, 2.05) is 29.1 Å². The molecule has 2 aromatic carbocycles. The Hall–Kier alpha value is -2.49. The fraction of sp³-hybridized carbons (Fsp3) is 0.360. The van der Waals surface area contributed by atoms with Gasteiger partial charge in [0.25, 0.3) is 0 Å². The summed E-state index contributed by atoms with van der Waals surface area (Å²) >= 11 is 0. The molecule has 6 heteroatoms. The Bertz CT molecular complexity index is 924. The summed E-state index contributed by atoms with van der Waals surface area (Å²) in [6.07, 6.45) is 6.55. The minimum absolute atomic E-state index is 0.185. The summed E-state index contributed by atoms with van der Waals surface area (Å²) in [7, 11) is 2.86. The van der Waals surface area contributed by atoms with Crippen molar-refractivity contribution in [2.45, 2.75) is 58.1 Å². The van der Waals surface area contributed by atoms with Gasteiger partial charge in [0.1, 0.15) is 18.1 Å². The van der Waals surface area contributed by atoms with Gasteiger partial charge in [0.2, 0.25) is 0 Å². The predicted octanol–water partition coefficient (Wildman–Crippen LogP) is 5.66. The van der Waals surface area contributed by atoms with E-state index >= 15 is 0 Å². The normalized spacial score (nSPS) is 11.9. The number of benzene rings is 2. The molecule has 3 aromatic rings. The number of rotatable bonds is 13. The first-order valence-corrected chi connectivity index (χ1v) is 11.6. The van der Waals surface area contributed by atoms with E-state index < -0.39 is 0 Å². The average molecular weight is 437 g/mol. The molecule has 0 spiro atoms. The molecular weight excluding hydrogens is 403 g/mol. The summed E-state index contributed by atoms with van der Waals surface area (Å²) in [4.78, 5) is 0. The molecule has 0 saturated heterocycles. The fourth-order valence-corrected chi connectivity index (χ4v) is 3.60. The topological polar surface area (TPSA) is 52.0 Å². The number of hydrogen-bond donors (Lipinski definition) is 1. The first-order chi connectivity index (χ1) is 15.1. The van der Waals surface area contributed by atoms with E-state index in [1.165, 1.54) is 29.5 Å². The molecule has 164 valence electrons. The third-order valence-electron chi connectivity index (χ3n) is 5.07. The lowest BCUT2D eigenvalue weighted by molar-refractivity contribution is 0.301. The van der Waals surface area contributed by atoms with Crippen molar-refractivity contribution in [1.29, 1.82) is 0 Å². The largest absolute Gasteiger partial charge is 0.487 e. The van der Waals surface area contributed by atoms with Crippen molar-refractivity contribution in [2.24, 2.45) is 0 Å². The van der Waals surface area contributed by atoms with Crippen LogP contribution in [0.25, 0.3) is 0 Å². The first kappa shape index (κ1) is 23.2. The molecule has 0 bridgehead atoms. The number of nitrogens with one attached hydrogen (secondary N) is 1. The van der Waals surface area contributed by atoms with Crippen molar-refractivity contribution < 1.29 is 4.74 Å². The van der Waals surface area contributed by atoms with E-state index in [1.54, 1.807) is 0 Å². The summed E-state index contributed by atoms with van der Waals surface area (Å²) in [6.45, 7) is 8.17. The van der Waals surface area contributed by atoms with E-state index in [0.717, 1.165) is 37.4 Å². The van der Waals surface area contributed by atoms with Crippen LogP contribution in [0.2, 0.25) is 0 Å². The van der Waals surface area contributed by atoms with Gasteiger partial charge in [-0.1, -0.05) is 59.7 Å². The Kier molecular flexibility index (Phi) is 9.26. The van der Waals surface area contributed by atoms with Gasteiger partial charge in [-0.15, -0.1) is 20.9 Å². The highest BCUT2D eigenvalue weighted by molar-refractivity contribution is 7.17. The number of nitrogens with zero attached hydrogens (tertiary/aromatic N) is 3. The Morgan fingerprint density at radius 2 is 1.87 bits per heavy atom. The highest BCUT2D eigenvalue weighted by Gasteiger charge is 2.07. The van der Waals surface area contributed by atoms with Gasteiger partial charge < -0.3 is 10.1 Å². The van der Waals surface area contributed by atoms with E-state index in [0.29, 0.717) is 6.61 Å². The van der Waals surface area contributed by atoms with Crippen molar-refractivity contribution in [2.75, 3.05) is 0 Å². The second kappa shape index (κ2) is 12.4. The maximum atomic E-state index is 5.89. The summed E-state index contributed by atoms with van der Waals surface area (Å²) in [5.74, 6) is 1.02. The van der Waals surface area contributed by atoms with Crippen molar-refractivity contribution in [3.05, 3.63) is 89.8 Å². The van der Waals surface area contributed by atoms with Gasteiger partial charge in [-0.3, -0.25) is 4.68 Å². The van der Waals surface area contributed by atoms with Crippen LogP contribution in [0.4, 0.5) is 0 Å². The number of hydrogen-bond acceptors (Lipinski definition) is 4. The SMILES string of the molecule is C=C(C)CCCCCn1cc(COc2ccc(C(P)NCc3ccccc3)cc2)nn1. The van der Waals surface area contributed by atoms with Gasteiger partial charge >= 0.3 is 0 Å². The Labute approximate surface area is 188 Å². The molecule has 0 aliphatic rings. The molecule has 2 atom stereocenters. The van der Waals surface area contributed by atoms with E-state index in [2.05, 4.69) is 74.8 Å². The molecule has 1 aromatic heterocycles. The predicted molar refractivity (Wildman–Crippen MR) is 130 cm³/mol. The number of aromatic nitrogens is 3. The van der Waals surface area contributed by atoms with Crippen LogP contribution < -0.4 is 10.1 Å². The van der Waals surface area contributed by atoms with Gasteiger partial charge in [0.05, 0.1) is 6.20 Å². The Balaban J connectivity index is 1.39. The molecule has 0 fully saturated rings. The van der Waals surface area contributed by atoms with Crippen molar-refractivity contribution >= 4 is 9.24 Å². The average Bonchev–Trinajstić information content (AvgIpc) is 3.24. The summed E-state index contributed by atoms with van der Waals surface area (Å²) in [6, 6.07) is 18.6. The lowest BCUT2D eigenvalue weighted by Gasteiger charge is -2.15. The Morgan fingerprint density at radius 3 is 2.61 bits per heavy atom. The molecular formula is C25H33N4OP. The molecule has 31 heavy (non-hydrogen) atoms. The van der Waals surface area contributed by atoms with E-state index in [9.17, 15) is 0 Å². The Morgan fingerprint density at radius 1 is 1.10 bits per heavy atom. The first-order valence-electron chi connectivity index (χ1n) is 10.9. The summed E-state index contributed by atoms with van der Waals surface area (Å²) in [5.41, 5.74) is 4.57. The zero-order chi connectivity index (χ0) is 21.9. The van der Waals surface area contributed by atoms with Gasteiger partial charge in [-0.2, -0.15) is 0 Å². The minimum Gasteiger partial charge on any atom is -0.487 e. The third-order valence-corrected chi connectivity index (χ3v) is 5.69. The van der Waals surface area contributed by atoms with E-state index in [4.69, 9.17) is 4.74 Å². The lowest BCUT2D eigenvalue weighted by Crippen LogP contribution is -2.15. The number of ether oxygens (including phenoxy) is 1. The molecule has 0 radical (unpaired) electrons. The molecule has 1 N–H and O–H groups in total. The monoisotopic (exact) mass is 436 g/mol. The smallest absolute Gasteiger partial charge is 0.134 e. The molecule has 0 aliphatic heterocycles. The highest BCUT2D eigenvalue weighted by atomic mass is 31.0. The lowest BCUT2D eigenvalue weighted by atomic mass is 10.1. The molecule has 0 aliphatic carbocycles. The number of unbranched alkanes of at least 4 members (excludes halogenated alkanes) is 2. The van der Waals surface area contributed by atoms with Crippen LogP contribution in [-0.2, 0) is 19.7 Å². The molecule has 5 nitrogen and oxygen atoms in total. The van der Waals surface area contributed by atoms with Crippen LogP contribution in [0, 0.1) is 0 Å². The maximum Gasteiger partial charge on any atom is 0.134 e. The number of aryl methyl sites for hydroxylation is 1. The molecule has 2 unspecified atom stereocenters. The van der Waals surface area contributed by atoms with Crippen molar-refractivity contribution in [3.8, 4) is 5.75 Å². The summed E-state index contributed by atoms with van der Waals surface area (Å²) in [5, 5.41) is 11.9. The van der Waals surface area contributed by atoms with Gasteiger partial charge in [0, 0.05) is 18.9 Å². The third kappa shape index (κ3) is 8.28. The molecule has 3 rings (SSSR count). The van der Waals surface area contributed by atoms with Gasteiger partial charge in [-0.05, 0) is 49.4 Å². The van der Waals surface area contributed by atoms with Gasteiger partial charge in [0.15, 0.2) is 0 Å². The van der Waals surface area contributed by atoms with Crippen LogP contribution in [0.3, 0.4) is 0 Å². The standard InChI is InChI=1S/C25H33N4OP/c1-20(2)9-5-4-8-16-29-18-23(27-28-29)19-30-24-14-12-22(13-15-24)25(31)26-17-21-10-6-3-7-11-21/h3,6-7,10-15,18,25-26H,1,4-5,8-9,16-17,19,31H2,2H3. The fourth-order valence-electron chi connectivity index (χ4n) is 3.26. The molecule has 1 heterocycles. The second-order valence-corrected chi connectivity index (χ2v) is 8.61. The van der Waals surface area contributed by atoms with Crippen molar-refractivity contribution in [1.82, 2.24) is 20.3 Å². The quantitative estimate of drug-likeness (QED) is 0.213. The highest BCUT2D eigenvalue weighted by Crippen LogP contribution is 2.23. The zero-order valence-electron chi connectivity index (χ0n) is 18.3. The maximum absolute atomic E-state index is 5.89. The van der Waals surface area contributed by atoms with Crippen LogP contribution >= 0.6 is 9.24 Å². The second-order valence-electron chi connectivity index (χ2n) is 7.94. The summed E-state index contributed by atoms with van der Waals surface area (Å²) < 4.78 is 7.79. The van der Waals surface area contributed by atoms with Crippen LogP contribution in [-0.4, -0.2) is 15.0 Å². The number of allylic oxidation sites excluding steroid dienone is 1. The molecule has 0 saturated carbocycles. The minimum atomic E-state index is 0.185. The zero-order valence-corrected chi connectivity index (χ0v) is 19.5. The molecule has 0 amide bonds.